The Morgan fingerprint density at radius 2 is 0.887 bits per heavy atom. The molecule has 3 N–H and O–H groups in total. The molecule has 0 amide bonds. The molecule has 408 valence electrons. The molecule has 0 spiro atoms. The van der Waals surface area contributed by atoms with Crippen LogP contribution in [0.4, 0.5) is 0 Å². The standard InChI is InChI=1S/C59H100O12/c1-4-7-10-13-16-19-21-23-25-26-28-29-31-34-36-39-42-45-51(60)67-48-50(69-52(61)46-43-40-37-33-18-15-12-9-6-3)49-68-59-57(55(64)54(63)56(71-59)58(65)66)70-53(62)47-44-41-38-35-32-30-27-24-22-20-17-14-11-8-5-2/h7,10,16,19,23-25,27-29,50,54-57,59,63-64H,4-6,8-9,11-15,17-18,20-22,26,30-49H2,1-3H3,(H,65,66)/b10-7-,19-16-,25-23-,27-24-,29-28-. The van der Waals surface area contributed by atoms with E-state index in [1.165, 1.54) is 70.6 Å². The summed E-state index contributed by atoms with van der Waals surface area (Å²) in [5.74, 6) is -3.16. The van der Waals surface area contributed by atoms with Crippen LogP contribution >= 0.6 is 0 Å². The Bertz CT molecular complexity index is 1470. The number of carboxylic acids is 1. The summed E-state index contributed by atoms with van der Waals surface area (Å²) in [5.41, 5.74) is 0. The van der Waals surface area contributed by atoms with Crippen LogP contribution in [0.3, 0.4) is 0 Å². The number of allylic oxidation sites excluding steroid dienone is 10. The van der Waals surface area contributed by atoms with E-state index in [1.807, 2.05) is 0 Å². The third-order valence-electron chi connectivity index (χ3n) is 12.6. The number of aliphatic hydroxyl groups is 2. The second kappa shape index (κ2) is 47.4. The van der Waals surface area contributed by atoms with Crippen molar-refractivity contribution in [3.05, 3.63) is 60.8 Å². The van der Waals surface area contributed by atoms with Crippen LogP contribution in [-0.4, -0.2) is 89.2 Å². The first kappa shape index (κ1) is 65.4. The maximum absolute atomic E-state index is 13.0. The molecule has 1 rings (SSSR count). The highest BCUT2D eigenvalue weighted by Crippen LogP contribution is 2.26. The van der Waals surface area contributed by atoms with E-state index in [-0.39, 0.29) is 25.9 Å². The van der Waals surface area contributed by atoms with Crippen LogP contribution in [0.25, 0.3) is 0 Å². The minimum atomic E-state index is -1.91. The lowest BCUT2D eigenvalue weighted by molar-refractivity contribution is -0.301. The van der Waals surface area contributed by atoms with Gasteiger partial charge in [-0.2, -0.15) is 0 Å². The molecule has 6 unspecified atom stereocenters. The van der Waals surface area contributed by atoms with Crippen molar-refractivity contribution >= 4 is 23.9 Å². The van der Waals surface area contributed by atoms with Crippen molar-refractivity contribution in [1.82, 2.24) is 0 Å². The fourth-order valence-electron chi connectivity index (χ4n) is 8.24. The number of esters is 3. The number of hydrogen-bond donors (Lipinski definition) is 3. The molecule has 1 saturated heterocycles. The Kier molecular flexibility index (Phi) is 43.7. The molecular weight excluding hydrogens is 901 g/mol. The summed E-state index contributed by atoms with van der Waals surface area (Å²) in [6, 6.07) is 0. The van der Waals surface area contributed by atoms with E-state index in [2.05, 4.69) is 81.5 Å². The normalized spacial score (nSPS) is 18.9. The largest absolute Gasteiger partial charge is 0.479 e. The molecule has 1 aliphatic heterocycles. The highest BCUT2D eigenvalue weighted by molar-refractivity contribution is 5.74. The van der Waals surface area contributed by atoms with Crippen LogP contribution in [0, 0.1) is 0 Å². The van der Waals surface area contributed by atoms with Crippen molar-refractivity contribution in [1.29, 1.82) is 0 Å². The maximum atomic E-state index is 13.0. The van der Waals surface area contributed by atoms with Gasteiger partial charge in [0.2, 0.25) is 0 Å². The number of carbonyl (C=O) groups is 4. The van der Waals surface area contributed by atoms with Gasteiger partial charge in [-0.05, 0) is 83.5 Å². The van der Waals surface area contributed by atoms with E-state index < -0.39 is 67.3 Å². The van der Waals surface area contributed by atoms with Gasteiger partial charge in [-0.25, -0.2) is 4.79 Å². The minimum Gasteiger partial charge on any atom is -0.479 e. The van der Waals surface area contributed by atoms with E-state index in [4.69, 9.17) is 23.7 Å². The van der Waals surface area contributed by atoms with Gasteiger partial charge in [0.15, 0.2) is 24.6 Å². The fourth-order valence-corrected chi connectivity index (χ4v) is 8.24. The maximum Gasteiger partial charge on any atom is 0.335 e. The minimum absolute atomic E-state index is 0.0485. The van der Waals surface area contributed by atoms with E-state index >= 15 is 0 Å². The predicted molar refractivity (Wildman–Crippen MR) is 285 cm³/mol. The SMILES string of the molecule is CC/C=C\C/C=C\C/C=C\C/C=C\CCCCCCC(=O)OCC(COC1OC(C(=O)O)C(O)C(O)C1OC(=O)CCCCCCC/C=C\CCCCCCCC)OC(=O)CCCCCCCCCCC. The average Bonchev–Trinajstić information content (AvgIpc) is 3.35. The number of carboxylic acid groups (broad SMARTS) is 1. The molecular formula is C59H100O12. The van der Waals surface area contributed by atoms with E-state index in [9.17, 15) is 34.5 Å². The summed E-state index contributed by atoms with van der Waals surface area (Å²) in [4.78, 5) is 50.9. The summed E-state index contributed by atoms with van der Waals surface area (Å²) in [6.45, 7) is 5.82. The van der Waals surface area contributed by atoms with Gasteiger partial charge >= 0.3 is 23.9 Å². The molecule has 0 aromatic carbocycles. The molecule has 1 fully saturated rings. The third kappa shape index (κ3) is 37.8. The first-order valence-electron chi connectivity index (χ1n) is 28.3. The number of unbranched alkanes of at least 4 members (excludes halogenated alkanes) is 23. The lowest BCUT2D eigenvalue weighted by Crippen LogP contribution is -2.61. The molecule has 1 heterocycles. The van der Waals surface area contributed by atoms with Crippen molar-refractivity contribution < 1.29 is 58.2 Å². The van der Waals surface area contributed by atoms with Gasteiger partial charge < -0.3 is 39.0 Å². The predicted octanol–water partition coefficient (Wildman–Crippen LogP) is 14.0. The molecule has 0 radical (unpaired) electrons. The van der Waals surface area contributed by atoms with Gasteiger partial charge in [-0.15, -0.1) is 0 Å². The summed E-state index contributed by atoms with van der Waals surface area (Å²) in [5, 5.41) is 31.4. The molecule has 0 aromatic heterocycles. The van der Waals surface area contributed by atoms with Crippen molar-refractivity contribution in [3.63, 3.8) is 0 Å². The summed E-state index contributed by atoms with van der Waals surface area (Å²) >= 11 is 0. The molecule has 0 aliphatic carbocycles. The Balaban J connectivity index is 2.69. The second-order valence-electron chi connectivity index (χ2n) is 19.2. The quantitative estimate of drug-likeness (QED) is 0.0228. The monoisotopic (exact) mass is 1000 g/mol. The summed E-state index contributed by atoms with van der Waals surface area (Å²) in [6.07, 6.45) is 44.9. The van der Waals surface area contributed by atoms with E-state index in [0.29, 0.717) is 19.3 Å². The lowest BCUT2D eigenvalue weighted by atomic mass is 9.98. The van der Waals surface area contributed by atoms with Crippen LogP contribution in [0.2, 0.25) is 0 Å². The number of ether oxygens (including phenoxy) is 5. The number of hydrogen-bond acceptors (Lipinski definition) is 11. The van der Waals surface area contributed by atoms with Gasteiger partial charge in [-0.1, -0.05) is 197 Å². The number of rotatable bonds is 47. The molecule has 0 aromatic rings. The smallest absolute Gasteiger partial charge is 0.335 e. The first-order chi connectivity index (χ1) is 34.6. The zero-order valence-corrected chi connectivity index (χ0v) is 44.7. The lowest BCUT2D eigenvalue weighted by Gasteiger charge is -2.40. The summed E-state index contributed by atoms with van der Waals surface area (Å²) < 4.78 is 28.3. The Labute approximate surface area is 430 Å². The number of aliphatic carboxylic acids is 1. The van der Waals surface area contributed by atoms with Gasteiger partial charge in [0, 0.05) is 19.3 Å². The number of aliphatic hydroxyl groups excluding tert-OH is 2. The van der Waals surface area contributed by atoms with Gasteiger partial charge in [0.1, 0.15) is 18.8 Å². The Morgan fingerprint density at radius 1 is 0.479 bits per heavy atom. The highest BCUT2D eigenvalue weighted by atomic mass is 16.7. The van der Waals surface area contributed by atoms with Crippen molar-refractivity contribution in [2.45, 2.75) is 276 Å². The van der Waals surface area contributed by atoms with Gasteiger partial charge in [0.25, 0.3) is 0 Å². The van der Waals surface area contributed by atoms with Gasteiger partial charge in [0.05, 0.1) is 6.61 Å². The molecule has 0 bridgehead atoms. The molecule has 1 aliphatic rings. The van der Waals surface area contributed by atoms with E-state index in [1.54, 1.807) is 0 Å². The molecule has 71 heavy (non-hydrogen) atoms. The molecule has 12 heteroatoms. The topological polar surface area (TPSA) is 175 Å². The Morgan fingerprint density at radius 3 is 1.37 bits per heavy atom. The Hall–Kier alpha value is -3.58. The zero-order valence-electron chi connectivity index (χ0n) is 44.7. The van der Waals surface area contributed by atoms with Crippen LogP contribution in [0.1, 0.15) is 239 Å². The van der Waals surface area contributed by atoms with Crippen LogP contribution in [-0.2, 0) is 42.9 Å². The zero-order chi connectivity index (χ0) is 51.8. The van der Waals surface area contributed by atoms with Gasteiger partial charge in [-0.3, -0.25) is 14.4 Å². The number of carbonyl (C=O) groups excluding carboxylic acids is 3. The van der Waals surface area contributed by atoms with Crippen LogP contribution < -0.4 is 0 Å². The van der Waals surface area contributed by atoms with Crippen LogP contribution in [0.15, 0.2) is 60.8 Å². The van der Waals surface area contributed by atoms with Crippen LogP contribution in [0.5, 0.6) is 0 Å². The van der Waals surface area contributed by atoms with Crippen molar-refractivity contribution in [2.24, 2.45) is 0 Å². The summed E-state index contributed by atoms with van der Waals surface area (Å²) in [7, 11) is 0. The third-order valence-corrected chi connectivity index (χ3v) is 12.6. The molecule has 0 saturated carbocycles. The fraction of sp³-hybridized carbons (Fsp3) is 0.763. The first-order valence-corrected chi connectivity index (χ1v) is 28.3. The molecule has 6 atom stereocenters. The highest BCUT2D eigenvalue weighted by Gasteiger charge is 2.50. The second-order valence-corrected chi connectivity index (χ2v) is 19.2. The van der Waals surface area contributed by atoms with Crippen molar-refractivity contribution in [2.75, 3.05) is 13.2 Å². The molecule has 12 nitrogen and oxygen atoms in total. The van der Waals surface area contributed by atoms with Crippen molar-refractivity contribution in [3.8, 4) is 0 Å². The average molecular weight is 1000 g/mol. The van der Waals surface area contributed by atoms with E-state index in [0.717, 1.165) is 109 Å².